The van der Waals surface area contributed by atoms with Gasteiger partial charge in [0.25, 0.3) is 0 Å². The normalized spacial score (nSPS) is 18.6. The zero-order valence-corrected chi connectivity index (χ0v) is 15.5. The molecule has 0 spiro atoms. The van der Waals surface area contributed by atoms with Crippen molar-refractivity contribution in [3.05, 3.63) is 29.8 Å². The first-order valence-electron chi connectivity index (χ1n) is 9.11. The lowest BCUT2D eigenvalue weighted by Gasteiger charge is -2.17. The number of carboxylic acids is 1. The Morgan fingerprint density at radius 2 is 1.96 bits per heavy atom. The molecule has 144 valence electrons. The highest BCUT2D eigenvalue weighted by Gasteiger charge is 2.31. The molecule has 1 aliphatic heterocycles. The second-order valence-corrected chi connectivity index (χ2v) is 7.05. The maximum atomic E-state index is 11.4. The summed E-state index contributed by atoms with van der Waals surface area (Å²) in [4.78, 5) is 21.8. The van der Waals surface area contributed by atoms with Gasteiger partial charge in [-0.2, -0.15) is 0 Å². The van der Waals surface area contributed by atoms with E-state index in [1.54, 1.807) is 0 Å². The average Bonchev–Trinajstić information content (AvgIpc) is 2.91. The summed E-state index contributed by atoms with van der Waals surface area (Å²) < 4.78 is 17.0. The van der Waals surface area contributed by atoms with Gasteiger partial charge in [-0.25, -0.2) is 0 Å². The maximum Gasteiger partial charge on any atom is 0.310 e. The number of hydrogen-bond acceptors (Lipinski definition) is 5. The Bertz CT molecular complexity index is 593. The molecule has 1 heterocycles. The third-order valence-electron chi connectivity index (χ3n) is 4.20. The van der Waals surface area contributed by atoms with Crippen LogP contribution in [0.15, 0.2) is 24.3 Å². The van der Waals surface area contributed by atoms with Gasteiger partial charge in [-0.15, -0.1) is 0 Å². The van der Waals surface area contributed by atoms with E-state index in [4.69, 9.17) is 19.3 Å². The summed E-state index contributed by atoms with van der Waals surface area (Å²) in [5, 5.41) is 8.56. The van der Waals surface area contributed by atoms with Crippen molar-refractivity contribution < 1.29 is 28.9 Å². The number of aliphatic carboxylic acids is 1. The number of benzene rings is 1. The molecule has 1 aromatic rings. The minimum Gasteiger partial charge on any atom is -0.494 e. The largest absolute Gasteiger partial charge is 0.494 e. The lowest BCUT2D eigenvalue weighted by molar-refractivity contribution is -0.140. The van der Waals surface area contributed by atoms with Gasteiger partial charge in [0.1, 0.15) is 18.0 Å². The lowest BCUT2D eigenvalue weighted by atomic mass is 10.1. The van der Waals surface area contributed by atoms with Crippen LogP contribution in [0, 0.1) is 0 Å². The highest BCUT2D eigenvalue weighted by atomic mass is 16.7. The molecule has 2 rings (SSSR count). The first-order chi connectivity index (χ1) is 12.3. The van der Waals surface area contributed by atoms with Crippen LogP contribution in [0.4, 0.5) is 0 Å². The number of carbonyl (C=O) groups excluding carboxylic acids is 1. The SMILES string of the molecule is CC1(C)OCC(CCCOc2ccc(CCCC(=O)CC(=O)O)cc2)O1. The van der Waals surface area contributed by atoms with Gasteiger partial charge in [0.05, 0.1) is 19.3 Å². The molecule has 6 nitrogen and oxygen atoms in total. The summed E-state index contributed by atoms with van der Waals surface area (Å²) in [6.45, 7) is 5.11. The Hall–Kier alpha value is -1.92. The van der Waals surface area contributed by atoms with Crippen molar-refractivity contribution in [2.75, 3.05) is 13.2 Å². The Morgan fingerprint density at radius 1 is 1.23 bits per heavy atom. The molecule has 1 saturated heterocycles. The summed E-state index contributed by atoms with van der Waals surface area (Å²) in [5.74, 6) is -0.941. The summed E-state index contributed by atoms with van der Waals surface area (Å²) in [6.07, 6.45) is 3.27. The van der Waals surface area contributed by atoms with E-state index in [-0.39, 0.29) is 18.3 Å². The number of aryl methyl sites for hydroxylation is 1. The van der Waals surface area contributed by atoms with Gasteiger partial charge in [-0.3, -0.25) is 9.59 Å². The summed E-state index contributed by atoms with van der Waals surface area (Å²) in [7, 11) is 0. The fraction of sp³-hybridized carbons (Fsp3) is 0.600. The Labute approximate surface area is 154 Å². The molecule has 1 N–H and O–H groups in total. The van der Waals surface area contributed by atoms with E-state index in [0.717, 1.165) is 30.6 Å². The van der Waals surface area contributed by atoms with Crippen molar-refractivity contribution >= 4 is 11.8 Å². The van der Waals surface area contributed by atoms with Gasteiger partial charge in [0, 0.05) is 6.42 Å². The molecule has 0 bridgehead atoms. The molecule has 26 heavy (non-hydrogen) atoms. The highest BCUT2D eigenvalue weighted by Crippen LogP contribution is 2.24. The van der Waals surface area contributed by atoms with E-state index < -0.39 is 11.8 Å². The van der Waals surface area contributed by atoms with Crippen molar-refractivity contribution in [1.29, 1.82) is 0 Å². The van der Waals surface area contributed by atoms with Gasteiger partial charge in [-0.05, 0) is 57.2 Å². The number of ether oxygens (including phenoxy) is 3. The van der Waals surface area contributed by atoms with Crippen LogP contribution in [0.1, 0.15) is 51.5 Å². The molecule has 1 aliphatic rings. The number of carbonyl (C=O) groups is 2. The minimum absolute atomic E-state index is 0.139. The molecule has 1 atom stereocenters. The van der Waals surface area contributed by atoms with Crippen LogP contribution < -0.4 is 4.74 Å². The second kappa shape index (κ2) is 9.69. The monoisotopic (exact) mass is 364 g/mol. The third-order valence-corrected chi connectivity index (χ3v) is 4.20. The van der Waals surface area contributed by atoms with Crippen LogP contribution in [0.5, 0.6) is 5.75 Å². The highest BCUT2D eigenvalue weighted by molar-refractivity contribution is 5.94. The second-order valence-electron chi connectivity index (χ2n) is 7.05. The molecular formula is C20H28O6. The van der Waals surface area contributed by atoms with Crippen LogP contribution in [0.3, 0.4) is 0 Å². The number of rotatable bonds is 11. The van der Waals surface area contributed by atoms with Crippen molar-refractivity contribution in [2.24, 2.45) is 0 Å². The lowest BCUT2D eigenvalue weighted by Crippen LogP contribution is -2.21. The van der Waals surface area contributed by atoms with Crippen molar-refractivity contribution in [3.63, 3.8) is 0 Å². The zero-order valence-electron chi connectivity index (χ0n) is 15.5. The predicted molar refractivity (Wildman–Crippen MR) is 96.3 cm³/mol. The van der Waals surface area contributed by atoms with E-state index in [1.807, 2.05) is 38.1 Å². The first-order valence-corrected chi connectivity index (χ1v) is 9.11. The number of ketones is 1. The van der Waals surface area contributed by atoms with E-state index in [1.165, 1.54) is 0 Å². The fourth-order valence-electron chi connectivity index (χ4n) is 2.91. The standard InChI is InChI=1S/C20H28O6/c1-20(2)25-14-18(26-20)7-4-12-24-17-10-8-15(9-11-17)5-3-6-16(21)13-19(22)23/h8-11,18H,3-7,12-14H2,1-2H3,(H,22,23). The van der Waals surface area contributed by atoms with Gasteiger partial charge in [0.2, 0.25) is 0 Å². The smallest absolute Gasteiger partial charge is 0.310 e. The molecule has 0 aliphatic carbocycles. The Morgan fingerprint density at radius 3 is 2.58 bits per heavy atom. The van der Waals surface area contributed by atoms with E-state index in [9.17, 15) is 9.59 Å². The molecule has 1 unspecified atom stereocenters. The molecular weight excluding hydrogens is 336 g/mol. The predicted octanol–water partition coefficient (Wildman–Crippen LogP) is 3.36. The fourth-order valence-corrected chi connectivity index (χ4v) is 2.91. The van der Waals surface area contributed by atoms with Gasteiger partial charge in [0.15, 0.2) is 5.79 Å². The Kier molecular flexibility index (Phi) is 7.60. The van der Waals surface area contributed by atoms with E-state index in [0.29, 0.717) is 26.1 Å². The first kappa shape index (κ1) is 20.4. The van der Waals surface area contributed by atoms with Crippen LogP contribution in [-0.4, -0.2) is 42.0 Å². The van der Waals surface area contributed by atoms with Crippen molar-refractivity contribution in [3.8, 4) is 5.75 Å². The quantitative estimate of drug-likeness (QED) is 0.479. The number of carboxylic acid groups (broad SMARTS) is 1. The van der Waals surface area contributed by atoms with E-state index >= 15 is 0 Å². The van der Waals surface area contributed by atoms with Crippen molar-refractivity contribution in [1.82, 2.24) is 0 Å². The van der Waals surface area contributed by atoms with Crippen LogP contribution in [-0.2, 0) is 25.5 Å². The summed E-state index contributed by atoms with van der Waals surface area (Å²) in [6, 6.07) is 7.81. The molecule has 0 aromatic heterocycles. The topological polar surface area (TPSA) is 82.1 Å². The van der Waals surface area contributed by atoms with E-state index in [2.05, 4.69) is 0 Å². The number of Topliss-reactive ketones (excluding diaryl/α,β-unsaturated/α-hetero) is 1. The van der Waals surface area contributed by atoms with Crippen LogP contribution in [0.25, 0.3) is 0 Å². The molecule has 0 saturated carbocycles. The molecule has 1 fully saturated rings. The maximum absolute atomic E-state index is 11.4. The van der Waals surface area contributed by atoms with Crippen molar-refractivity contribution in [2.45, 2.75) is 64.3 Å². The average molecular weight is 364 g/mol. The van der Waals surface area contributed by atoms with Crippen LogP contribution in [0.2, 0.25) is 0 Å². The molecule has 0 radical (unpaired) electrons. The minimum atomic E-state index is -1.06. The molecule has 0 amide bonds. The van der Waals surface area contributed by atoms with Gasteiger partial charge >= 0.3 is 5.97 Å². The number of hydrogen-bond donors (Lipinski definition) is 1. The molecule has 1 aromatic carbocycles. The molecule has 6 heteroatoms. The zero-order chi connectivity index (χ0) is 19.0. The summed E-state index contributed by atoms with van der Waals surface area (Å²) in [5.41, 5.74) is 1.11. The summed E-state index contributed by atoms with van der Waals surface area (Å²) >= 11 is 0. The van der Waals surface area contributed by atoms with Gasteiger partial charge < -0.3 is 19.3 Å². The van der Waals surface area contributed by atoms with Crippen LogP contribution >= 0.6 is 0 Å². The van der Waals surface area contributed by atoms with Gasteiger partial charge in [-0.1, -0.05) is 12.1 Å². The Balaban J connectivity index is 1.60. The third kappa shape index (κ3) is 7.54.